The van der Waals surface area contributed by atoms with Gasteiger partial charge in [0.1, 0.15) is 5.82 Å². The quantitative estimate of drug-likeness (QED) is 0.623. The van der Waals surface area contributed by atoms with Crippen molar-refractivity contribution in [1.29, 1.82) is 0 Å². The third kappa shape index (κ3) is 5.08. The summed E-state index contributed by atoms with van der Waals surface area (Å²) in [4.78, 5) is 14.3. The van der Waals surface area contributed by atoms with Crippen molar-refractivity contribution in [1.82, 2.24) is 14.9 Å². The van der Waals surface area contributed by atoms with Gasteiger partial charge in [-0.05, 0) is 40.8 Å². The molecule has 6 nitrogen and oxygen atoms in total. The molecular weight excluding hydrogens is 412 g/mol. The molecule has 33 heavy (non-hydrogen) atoms. The smallest absolute Gasteiger partial charge is 0.157 e. The molecule has 2 aliphatic heterocycles. The van der Waals surface area contributed by atoms with Gasteiger partial charge in [-0.2, -0.15) is 0 Å². The normalized spacial score (nSPS) is 18.4. The van der Waals surface area contributed by atoms with Gasteiger partial charge in [-0.3, -0.25) is 4.90 Å². The van der Waals surface area contributed by atoms with Crippen molar-refractivity contribution >= 4 is 22.2 Å². The number of morpholine rings is 1. The Kier molecular flexibility index (Phi) is 6.67. The minimum absolute atomic E-state index is 0.503. The van der Waals surface area contributed by atoms with Crippen LogP contribution >= 0.6 is 0 Å². The second kappa shape index (κ2) is 10.00. The van der Waals surface area contributed by atoms with Gasteiger partial charge in [0.2, 0.25) is 0 Å². The highest BCUT2D eigenvalue weighted by atomic mass is 16.5. The van der Waals surface area contributed by atoms with Crippen molar-refractivity contribution < 1.29 is 9.84 Å². The van der Waals surface area contributed by atoms with E-state index < -0.39 is 6.10 Å². The third-order valence-electron chi connectivity index (χ3n) is 6.63. The lowest BCUT2D eigenvalue weighted by atomic mass is 10.0. The molecule has 6 heteroatoms. The highest BCUT2D eigenvalue weighted by Crippen LogP contribution is 2.26. The average molecular weight is 445 g/mol. The van der Waals surface area contributed by atoms with Crippen molar-refractivity contribution in [2.75, 3.05) is 50.8 Å². The van der Waals surface area contributed by atoms with Crippen LogP contribution in [0.3, 0.4) is 0 Å². The van der Waals surface area contributed by atoms with Crippen molar-refractivity contribution in [2.45, 2.75) is 25.9 Å². The number of β-amino-alcohol motifs (C(OH)–C–C–N with tert-alkyl or cyclic N) is 1. The standard InChI is InChI=1S/C27H32N4O2/c1-2-24-18-26(31-13-15-33-16-14-31)29-27(28-24)21-9-11-30(12-10-21)19-25(32)23-8-7-20-5-3-4-6-22(20)17-23/h3-9,17-18,25,32H,2,10-16,19H2,1H3. The van der Waals surface area contributed by atoms with Gasteiger partial charge in [0.25, 0.3) is 0 Å². The average Bonchev–Trinajstić information content (AvgIpc) is 2.89. The molecule has 2 aliphatic rings. The fraction of sp³-hybridized carbons (Fsp3) is 0.407. The zero-order valence-corrected chi connectivity index (χ0v) is 19.3. The Morgan fingerprint density at radius 3 is 2.58 bits per heavy atom. The van der Waals surface area contributed by atoms with Gasteiger partial charge in [0.15, 0.2) is 5.82 Å². The fourth-order valence-electron chi connectivity index (χ4n) is 4.61. The Morgan fingerprint density at radius 1 is 1.00 bits per heavy atom. The first-order valence-electron chi connectivity index (χ1n) is 12.0. The fourth-order valence-corrected chi connectivity index (χ4v) is 4.61. The Morgan fingerprint density at radius 2 is 1.82 bits per heavy atom. The lowest BCUT2D eigenvalue weighted by Crippen LogP contribution is -2.37. The van der Waals surface area contributed by atoms with Crippen LogP contribution in [0.4, 0.5) is 5.82 Å². The number of benzene rings is 2. The van der Waals surface area contributed by atoms with E-state index in [9.17, 15) is 5.11 Å². The largest absolute Gasteiger partial charge is 0.387 e. The van der Waals surface area contributed by atoms with Gasteiger partial charge in [-0.25, -0.2) is 9.97 Å². The molecule has 1 saturated heterocycles. The molecule has 1 aromatic heterocycles. The highest BCUT2D eigenvalue weighted by molar-refractivity contribution is 5.83. The number of hydrogen-bond acceptors (Lipinski definition) is 6. The number of fused-ring (bicyclic) bond motifs is 1. The summed E-state index contributed by atoms with van der Waals surface area (Å²) in [6.07, 6.45) is 3.51. The first-order valence-corrected chi connectivity index (χ1v) is 12.0. The molecule has 2 aromatic carbocycles. The summed E-state index contributed by atoms with van der Waals surface area (Å²) in [7, 11) is 0. The molecule has 0 radical (unpaired) electrons. The first kappa shape index (κ1) is 22.0. The van der Waals surface area contributed by atoms with Crippen LogP contribution in [0.5, 0.6) is 0 Å². The van der Waals surface area contributed by atoms with E-state index in [1.807, 2.05) is 18.2 Å². The predicted molar refractivity (Wildman–Crippen MR) is 132 cm³/mol. The summed E-state index contributed by atoms with van der Waals surface area (Å²) < 4.78 is 5.50. The SMILES string of the molecule is CCc1cc(N2CCOCC2)nc(C2=CCN(CC(O)c3ccc4ccccc4c3)CC2)n1. The Hall–Kier alpha value is -2.80. The predicted octanol–water partition coefficient (Wildman–Crippen LogP) is 3.85. The second-order valence-electron chi connectivity index (χ2n) is 8.86. The van der Waals surface area contributed by atoms with Crippen LogP contribution in [-0.2, 0) is 11.2 Å². The lowest BCUT2D eigenvalue weighted by Gasteiger charge is -2.30. The summed E-state index contributed by atoms with van der Waals surface area (Å²) in [6.45, 7) is 7.70. The molecule has 3 aromatic rings. The summed E-state index contributed by atoms with van der Waals surface area (Å²) in [5.74, 6) is 1.86. The van der Waals surface area contributed by atoms with Gasteiger partial charge < -0.3 is 14.7 Å². The number of nitrogens with zero attached hydrogens (tertiary/aromatic N) is 4. The summed E-state index contributed by atoms with van der Waals surface area (Å²) in [5, 5.41) is 13.2. The van der Waals surface area contributed by atoms with Gasteiger partial charge >= 0.3 is 0 Å². The van der Waals surface area contributed by atoms with Gasteiger partial charge in [0.05, 0.1) is 19.3 Å². The number of aliphatic hydroxyl groups excluding tert-OH is 1. The number of ether oxygens (including phenoxy) is 1. The summed E-state index contributed by atoms with van der Waals surface area (Å²) >= 11 is 0. The molecule has 0 saturated carbocycles. The maximum atomic E-state index is 10.9. The molecule has 5 rings (SSSR count). The molecule has 172 valence electrons. The Labute approximate surface area is 195 Å². The summed E-state index contributed by atoms with van der Waals surface area (Å²) in [5.41, 5.74) is 3.26. The van der Waals surface area contributed by atoms with Crippen LogP contribution in [0.25, 0.3) is 16.3 Å². The van der Waals surface area contributed by atoms with E-state index in [2.05, 4.69) is 53.1 Å². The van der Waals surface area contributed by atoms with Crippen LogP contribution in [-0.4, -0.2) is 65.9 Å². The Bertz CT molecular complexity index is 1140. The molecular formula is C27H32N4O2. The van der Waals surface area contributed by atoms with E-state index in [-0.39, 0.29) is 0 Å². The molecule has 0 amide bonds. The number of aliphatic hydroxyl groups is 1. The lowest BCUT2D eigenvalue weighted by molar-refractivity contribution is 0.119. The van der Waals surface area contributed by atoms with Crippen LogP contribution < -0.4 is 4.90 Å². The monoisotopic (exact) mass is 444 g/mol. The number of aryl methyl sites for hydroxylation is 1. The van der Waals surface area contributed by atoms with Crippen LogP contribution in [0.1, 0.15) is 36.5 Å². The number of hydrogen-bond donors (Lipinski definition) is 1. The third-order valence-corrected chi connectivity index (χ3v) is 6.63. The van der Waals surface area contributed by atoms with E-state index in [0.29, 0.717) is 6.54 Å². The molecule has 0 aliphatic carbocycles. The minimum atomic E-state index is -0.503. The zero-order valence-electron chi connectivity index (χ0n) is 19.3. The van der Waals surface area contributed by atoms with Crippen molar-refractivity contribution in [3.05, 3.63) is 71.7 Å². The molecule has 0 spiro atoms. The van der Waals surface area contributed by atoms with Gasteiger partial charge in [-0.1, -0.05) is 49.4 Å². The highest BCUT2D eigenvalue weighted by Gasteiger charge is 2.21. The van der Waals surface area contributed by atoms with Crippen LogP contribution in [0, 0.1) is 0 Å². The van der Waals surface area contributed by atoms with E-state index in [1.54, 1.807) is 0 Å². The van der Waals surface area contributed by atoms with E-state index in [4.69, 9.17) is 14.7 Å². The molecule has 1 N–H and O–H groups in total. The van der Waals surface area contributed by atoms with Crippen LogP contribution in [0.15, 0.2) is 54.6 Å². The zero-order chi connectivity index (χ0) is 22.6. The number of rotatable bonds is 6. The summed E-state index contributed by atoms with van der Waals surface area (Å²) in [6, 6.07) is 16.6. The van der Waals surface area contributed by atoms with Crippen LogP contribution in [0.2, 0.25) is 0 Å². The molecule has 1 fully saturated rings. The second-order valence-corrected chi connectivity index (χ2v) is 8.86. The maximum Gasteiger partial charge on any atom is 0.157 e. The molecule has 0 bridgehead atoms. The van der Waals surface area contributed by atoms with Gasteiger partial charge in [0, 0.05) is 44.5 Å². The Balaban J connectivity index is 1.27. The minimum Gasteiger partial charge on any atom is -0.387 e. The number of aromatic nitrogens is 2. The van der Waals surface area contributed by atoms with E-state index in [0.717, 1.165) is 75.1 Å². The first-order chi connectivity index (χ1) is 16.2. The molecule has 1 atom stereocenters. The van der Waals surface area contributed by atoms with Crippen molar-refractivity contribution in [2.24, 2.45) is 0 Å². The van der Waals surface area contributed by atoms with Crippen molar-refractivity contribution in [3.63, 3.8) is 0 Å². The topological polar surface area (TPSA) is 61.7 Å². The molecule has 3 heterocycles. The van der Waals surface area contributed by atoms with E-state index >= 15 is 0 Å². The van der Waals surface area contributed by atoms with E-state index in [1.165, 1.54) is 16.3 Å². The number of anilines is 1. The maximum absolute atomic E-state index is 10.9. The van der Waals surface area contributed by atoms with Gasteiger partial charge in [-0.15, -0.1) is 0 Å². The molecule has 1 unspecified atom stereocenters. The van der Waals surface area contributed by atoms with Crippen molar-refractivity contribution in [3.8, 4) is 0 Å².